The topological polar surface area (TPSA) is 76.4 Å². The molecule has 2 aromatic rings. The third-order valence-corrected chi connectivity index (χ3v) is 3.30. The van der Waals surface area contributed by atoms with Gasteiger partial charge >= 0.3 is 0 Å². The van der Waals surface area contributed by atoms with Crippen LogP contribution in [0, 0.1) is 0 Å². The molecule has 0 aliphatic rings. The smallest absolute Gasteiger partial charge is 0.275 e. The van der Waals surface area contributed by atoms with Crippen LogP contribution in [-0.2, 0) is 6.54 Å². The molecular weight excluding hydrogens is 282 g/mol. The zero-order valence-corrected chi connectivity index (χ0v) is 12.9. The first kappa shape index (κ1) is 16.0. The summed E-state index contributed by atoms with van der Waals surface area (Å²) in [7, 11) is 1.58. The van der Waals surface area contributed by atoms with Crippen LogP contribution >= 0.6 is 0 Å². The number of unbranched alkanes of at least 4 members (excludes halogenated alkanes) is 1. The van der Waals surface area contributed by atoms with Crippen LogP contribution in [0.4, 0.5) is 0 Å². The Bertz CT molecular complexity index is 665. The van der Waals surface area contributed by atoms with Crippen molar-refractivity contribution in [1.82, 2.24) is 15.1 Å². The van der Waals surface area contributed by atoms with E-state index in [1.807, 2.05) is 0 Å². The first-order chi connectivity index (χ1) is 10.7. The molecule has 6 heteroatoms. The van der Waals surface area contributed by atoms with Crippen molar-refractivity contribution in [2.45, 2.75) is 26.3 Å². The molecule has 0 fully saturated rings. The third kappa shape index (κ3) is 3.85. The summed E-state index contributed by atoms with van der Waals surface area (Å²) in [6, 6.07) is 8.20. The molecule has 6 nitrogen and oxygen atoms in total. The quantitative estimate of drug-likeness (QED) is 0.763. The molecule has 0 saturated carbocycles. The van der Waals surface area contributed by atoms with Crippen LogP contribution in [-0.4, -0.2) is 28.5 Å². The van der Waals surface area contributed by atoms with Gasteiger partial charge in [0.1, 0.15) is 17.2 Å². The normalized spacial score (nSPS) is 10.6. The standard InChI is InChI=1S/C16H21N3O3/c1-3-4-9-17-11-14-15(20)10-16(21)19(18-14)12-5-7-13(22-2)8-6-12/h5-8,10,17,20H,3-4,9,11H2,1-2H3. The number of nitrogens with one attached hydrogen (secondary N) is 1. The summed E-state index contributed by atoms with van der Waals surface area (Å²) in [4.78, 5) is 12.0. The molecule has 0 amide bonds. The van der Waals surface area contributed by atoms with Crippen LogP contribution in [0.1, 0.15) is 25.5 Å². The Kier molecular flexibility index (Phi) is 5.55. The summed E-state index contributed by atoms with van der Waals surface area (Å²) in [6.07, 6.45) is 2.15. The molecule has 2 N–H and O–H groups in total. The number of nitrogens with zero attached hydrogens (tertiary/aromatic N) is 2. The molecule has 0 aliphatic carbocycles. The summed E-state index contributed by atoms with van der Waals surface area (Å²) in [5.41, 5.74) is 0.701. The van der Waals surface area contributed by atoms with Gasteiger partial charge in [0.05, 0.1) is 12.8 Å². The van der Waals surface area contributed by atoms with Crippen LogP contribution < -0.4 is 15.6 Å². The van der Waals surface area contributed by atoms with E-state index in [2.05, 4.69) is 17.3 Å². The van der Waals surface area contributed by atoms with Crippen molar-refractivity contribution in [2.24, 2.45) is 0 Å². The van der Waals surface area contributed by atoms with Gasteiger partial charge in [-0.15, -0.1) is 0 Å². The van der Waals surface area contributed by atoms with Gasteiger partial charge in [0.15, 0.2) is 0 Å². The van der Waals surface area contributed by atoms with E-state index in [1.165, 1.54) is 10.7 Å². The highest BCUT2D eigenvalue weighted by Gasteiger charge is 2.09. The minimum atomic E-state index is -0.375. The molecule has 0 unspecified atom stereocenters. The van der Waals surface area contributed by atoms with Crippen LogP contribution in [0.5, 0.6) is 11.5 Å². The van der Waals surface area contributed by atoms with E-state index in [1.54, 1.807) is 31.4 Å². The fraction of sp³-hybridized carbons (Fsp3) is 0.375. The van der Waals surface area contributed by atoms with Crippen molar-refractivity contribution in [3.63, 3.8) is 0 Å². The molecule has 0 saturated heterocycles. The number of rotatable bonds is 7. The number of benzene rings is 1. The monoisotopic (exact) mass is 303 g/mol. The van der Waals surface area contributed by atoms with Crippen LogP contribution in [0.15, 0.2) is 35.1 Å². The average molecular weight is 303 g/mol. The molecular formula is C16H21N3O3. The lowest BCUT2D eigenvalue weighted by Crippen LogP contribution is -2.24. The SMILES string of the molecule is CCCCNCc1nn(-c2ccc(OC)cc2)c(=O)cc1O. The maximum atomic E-state index is 12.0. The Balaban J connectivity index is 2.25. The Labute approximate surface area is 129 Å². The van der Waals surface area contributed by atoms with Crippen molar-refractivity contribution >= 4 is 0 Å². The summed E-state index contributed by atoms with van der Waals surface area (Å²) in [5, 5.41) is 17.3. The minimum absolute atomic E-state index is 0.0845. The number of aromatic hydroxyl groups is 1. The number of aromatic nitrogens is 2. The molecule has 1 aromatic heterocycles. The van der Waals surface area contributed by atoms with Gasteiger partial charge < -0.3 is 15.2 Å². The van der Waals surface area contributed by atoms with Crippen LogP contribution in [0.2, 0.25) is 0 Å². The van der Waals surface area contributed by atoms with E-state index in [0.29, 0.717) is 23.7 Å². The molecule has 0 spiro atoms. The fourth-order valence-corrected chi connectivity index (χ4v) is 2.03. The number of methoxy groups -OCH3 is 1. The lowest BCUT2D eigenvalue weighted by Gasteiger charge is -2.10. The van der Waals surface area contributed by atoms with Gasteiger partial charge in [-0.25, -0.2) is 0 Å². The van der Waals surface area contributed by atoms with E-state index >= 15 is 0 Å². The maximum absolute atomic E-state index is 12.0. The second-order valence-corrected chi connectivity index (χ2v) is 4.95. The number of ether oxygens (including phenoxy) is 1. The van der Waals surface area contributed by atoms with Gasteiger partial charge in [-0.05, 0) is 37.2 Å². The van der Waals surface area contributed by atoms with Gasteiger partial charge in [0.25, 0.3) is 5.56 Å². The third-order valence-electron chi connectivity index (χ3n) is 3.30. The van der Waals surface area contributed by atoms with E-state index < -0.39 is 0 Å². The maximum Gasteiger partial charge on any atom is 0.275 e. The number of hydrogen-bond acceptors (Lipinski definition) is 5. The molecule has 0 radical (unpaired) electrons. The lowest BCUT2D eigenvalue weighted by atomic mass is 10.3. The van der Waals surface area contributed by atoms with Crippen molar-refractivity contribution in [3.8, 4) is 17.2 Å². The Morgan fingerprint density at radius 1 is 1.32 bits per heavy atom. The van der Waals surface area contributed by atoms with Crippen molar-refractivity contribution in [3.05, 3.63) is 46.4 Å². The first-order valence-electron chi connectivity index (χ1n) is 7.33. The summed E-state index contributed by atoms with van der Waals surface area (Å²) in [5.74, 6) is 0.621. The van der Waals surface area contributed by atoms with Gasteiger partial charge in [-0.1, -0.05) is 13.3 Å². The highest BCUT2D eigenvalue weighted by Crippen LogP contribution is 2.15. The van der Waals surface area contributed by atoms with E-state index in [9.17, 15) is 9.90 Å². The van der Waals surface area contributed by atoms with Gasteiger partial charge in [-0.3, -0.25) is 4.79 Å². The second-order valence-electron chi connectivity index (χ2n) is 4.95. The van der Waals surface area contributed by atoms with E-state index in [4.69, 9.17) is 4.74 Å². The molecule has 2 rings (SSSR count). The first-order valence-corrected chi connectivity index (χ1v) is 7.33. The van der Waals surface area contributed by atoms with Crippen molar-refractivity contribution in [1.29, 1.82) is 0 Å². The Morgan fingerprint density at radius 3 is 2.68 bits per heavy atom. The zero-order valence-electron chi connectivity index (χ0n) is 12.9. The molecule has 118 valence electrons. The molecule has 0 aliphatic heterocycles. The summed E-state index contributed by atoms with van der Waals surface area (Å²) < 4.78 is 6.37. The zero-order chi connectivity index (χ0) is 15.9. The van der Waals surface area contributed by atoms with Gasteiger partial charge in [0.2, 0.25) is 0 Å². The van der Waals surface area contributed by atoms with E-state index in [-0.39, 0.29) is 11.3 Å². The van der Waals surface area contributed by atoms with E-state index in [0.717, 1.165) is 19.4 Å². The highest BCUT2D eigenvalue weighted by molar-refractivity contribution is 5.37. The lowest BCUT2D eigenvalue weighted by molar-refractivity contribution is 0.414. The fourth-order valence-electron chi connectivity index (χ4n) is 2.03. The van der Waals surface area contributed by atoms with Crippen molar-refractivity contribution in [2.75, 3.05) is 13.7 Å². The predicted molar refractivity (Wildman–Crippen MR) is 84.7 cm³/mol. The molecule has 0 bridgehead atoms. The minimum Gasteiger partial charge on any atom is -0.506 e. The summed E-state index contributed by atoms with van der Waals surface area (Å²) in [6.45, 7) is 3.38. The Morgan fingerprint density at radius 2 is 2.05 bits per heavy atom. The van der Waals surface area contributed by atoms with Gasteiger partial charge in [0, 0.05) is 12.6 Å². The molecule has 1 aromatic carbocycles. The van der Waals surface area contributed by atoms with Gasteiger partial charge in [-0.2, -0.15) is 9.78 Å². The molecule has 0 atom stereocenters. The number of hydrogen-bond donors (Lipinski definition) is 2. The van der Waals surface area contributed by atoms with Crippen molar-refractivity contribution < 1.29 is 9.84 Å². The molecule has 1 heterocycles. The largest absolute Gasteiger partial charge is 0.506 e. The Hall–Kier alpha value is -2.34. The van der Waals surface area contributed by atoms with Crippen LogP contribution in [0.25, 0.3) is 5.69 Å². The predicted octanol–water partition coefficient (Wildman–Crippen LogP) is 1.84. The molecule has 22 heavy (non-hydrogen) atoms. The summed E-state index contributed by atoms with van der Waals surface area (Å²) >= 11 is 0. The average Bonchev–Trinajstić information content (AvgIpc) is 2.53. The second kappa shape index (κ2) is 7.61. The van der Waals surface area contributed by atoms with Crippen LogP contribution in [0.3, 0.4) is 0 Å². The highest BCUT2D eigenvalue weighted by atomic mass is 16.5.